The lowest BCUT2D eigenvalue weighted by molar-refractivity contribution is -0.159. The van der Waals surface area contributed by atoms with Crippen LogP contribution in [-0.2, 0) is 28.9 Å². The standard InChI is InChI=1S/C18H16.C14H21N3O2S.C2H2O4/c1-3-7-15-13(5-1)9-11-18-16-8-4-2-6-14(16)10-12-17(15)18;1-3-5-12(18)7-9-19-14-13(15-20-16-14)11-6-4-8-17(2)10-11;3-1(4)2(5)6/h1,3-5,7-8,10,12H,2,6,9,11H2;4,6,8,12,18H,3,5,7,9-10H2,1-2H3;(H,3,4)(H,5,6). The van der Waals surface area contributed by atoms with Crippen molar-refractivity contribution in [3.05, 3.63) is 88.8 Å². The van der Waals surface area contributed by atoms with Gasteiger partial charge in [0, 0.05) is 25.6 Å². The number of aromatic nitrogens is 2. The lowest BCUT2D eigenvalue weighted by Gasteiger charge is -2.24. The summed E-state index contributed by atoms with van der Waals surface area (Å²) >= 11 is 1.16. The zero-order valence-corrected chi connectivity index (χ0v) is 25.9. The van der Waals surface area contributed by atoms with Gasteiger partial charge in [-0.1, -0.05) is 68.0 Å². The topological polar surface area (TPSA) is 133 Å². The minimum Gasteiger partial charge on any atom is -0.475 e. The number of likely N-dealkylation sites (N-methyl/N-ethyl adjacent to an activating group) is 1. The van der Waals surface area contributed by atoms with Crippen LogP contribution in [0.15, 0.2) is 60.8 Å². The molecule has 0 amide bonds. The first-order valence-electron chi connectivity index (χ1n) is 14.9. The van der Waals surface area contributed by atoms with E-state index in [1.165, 1.54) is 53.5 Å². The number of aliphatic hydroxyl groups excluding tert-OH is 1. The first-order chi connectivity index (χ1) is 21.3. The number of fused-ring (bicyclic) bond motifs is 5. The third kappa shape index (κ3) is 8.64. The summed E-state index contributed by atoms with van der Waals surface area (Å²) in [6.45, 7) is 3.33. The molecular formula is C34H39N3O6S. The number of rotatable bonds is 7. The highest BCUT2D eigenvalue weighted by molar-refractivity contribution is 6.99. The largest absolute Gasteiger partial charge is 0.475 e. The summed E-state index contributed by atoms with van der Waals surface area (Å²) in [4.78, 5) is 20.3. The first-order valence-corrected chi connectivity index (χ1v) is 15.6. The molecule has 44 heavy (non-hydrogen) atoms. The van der Waals surface area contributed by atoms with Gasteiger partial charge in [-0.3, -0.25) is 0 Å². The number of allylic oxidation sites excluding steroid dienone is 3. The Hall–Kier alpha value is -4.28. The SMILES string of the molecule is C1=Cc2c(ccc3c2CCc2ccccc2-3)CC1.CCCC(O)CCOc1nsnc1C1=CC=CN(C)C1.O=C(O)C(=O)O. The first kappa shape index (κ1) is 32.6. The molecule has 0 saturated carbocycles. The van der Waals surface area contributed by atoms with Gasteiger partial charge in [0.25, 0.3) is 5.88 Å². The predicted molar refractivity (Wildman–Crippen MR) is 173 cm³/mol. The summed E-state index contributed by atoms with van der Waals surface area (Å²) in [5, 5.41) is 24.5. The zero-order valence-electron chi connectivity index (χ0n) is 25.1. The number of benzene rings is 2. The summed E-state index contributed by atoms with van der Waals surface area (Å²) in [6.07, 6.45) is 17.6. The fraction of sp³-hybridized carbons (Fsp3) is 0.353. The van der Waals surface area contributed by atoms with E-state index in [9.17, 15) is 5.11 Å². The van der Waals surface area contributed by atoms with Gasteiger partial charge in [0.05, 0.1) is 24.4 Å². The number of aliphatic carboxylic acids is 2. The van der Waals surface area contributed by atoms with Gasteiger partial charge >= 0.3 is 11.9 Å². The van der Waals surface area contributed by atoms with E-state index in [1.54, 1.807) is 5.56 Å². The van der Waals surface area contributed by atoms with Gasteiger partial charge < -0.3 is 25.0 Å². The van der Waals surface area contributed by atoms with Gasteiger partial charge in [0.15, 0.2) is 0 Å². The Kier molecular flexibility index (Phi) is 11.8. The van der Waals surface area contributed by atoms with Crippen molar-refractivity contribution in [2.24, 2.45) is 0 Å². The number of hydrogen-bond donors (Lipinski definition) is 3. The van der Waals surface area contributed by atoms with Crippen LogP contribution in [0.5, 0.6) is 5.88 Å². The quantitative estimate of drug-likeness (QED) is 0.278. The maximum absolute atomic E-state index is 9.69. The number of carbonyl (C=O) groups is 2. The second-order valence-electron chi connectivity index (χ2n) is 10.8. The maximum Gasteiger partial charge on any atom is 0.414 e. The number of ether oxygens (including phenoxy) is 1. The molecular weight excluding hydrogens is 578 g/mol. The molecule has 10 heteroatoms. The highest BCUT2D eigenvalue weighted by Crippen LogP contribution is 2.38. The van der Waals surface area contributed by atoms with Crippen molar-refractivity contribution in [1.82, 2.24) is 13.6 Å². The van der Waals surface area contributed by atoms with Crippen LogP contribution in [0.2, 0.25) is 0 Å². The van der Waals surface area contributed by atoms with E-state index in [2.05, 4.69) is 69.1 Å². The van der Waals surface area contributed by atoms with E-state index in [0.717, 1.165) is 42.4 Å². The molecule has 3 aliphatic rings. The molecule has 2 aromatic carbocycles. The van der Waals surface area contributed by atoms with Crippen LogP contribution in [0.4, 0.5) is 0 Å². The third-order valence-electron chi connectivity index (χ3n) is 7.58. The Bertz CT molecular complexity index is 1530. The summed E-state index contributed by atoms with van der Waals surface area (Å²) in [5.74, 6) is -3.07. The van der Waals surface area contributed by atoms with Crippen LogP contribution in [-0.4, -0.2) is 67.2 Å². The van der Waals surface area contributed by atoms with E-state index in [1.807, 2.05) is 25.4 Å². The van der Waals surface area contributed by atoms with Crippen molar-refractivity contribution in [3.63, 3.8) is 0 Å². The van der Waals surface area contributed by atoms with Gasteiger partial charge in [-0.15, -0.1) is 4.37 Å². The van der Waals surface area contributed by atoms with Crippen LogP contribution >= 0.6 is 11.7 Å². The number of carboxylic acid groups (broad SMARTS) is 2. The highest BCUT2D eigenvalue weighted by atomic mass is 32.1. The van der Waals surface area contributed by atoms with Crippen LogP contribution < -0.4 is 4.74 Å². The summed E-state index contributed by atoms with van der Waals surface area (Å²) in [6, 6.07) is 13.5. The molecule has 9 nitrogen and oxygen atoms in total. The third-order valence-corrected chi connectivity index (χ3v) is 8.09. The Morgan fingerprint density at radius 1 is 1.00 bits per heavy atom. The Morgan fingerprint density at radius 2 is 1.80 bits per heavy atom. The van der Waals surface area contributed by atoms with Crippen molar-refractivity contribution in [3.8, 4) is 17.0 Å². The van der Waals surface area contributed by atoms with Crippen molar-refractivity contribution < 1.29 is 29.6 Å². The molecule has 0 fully saturated rings. The van der Waals surface area contributed by atoms with Gasteiger partial charge in [-0.05, 0) is 77.8 Å². The molecule has 1 aliphatic heterocycles. The van der Waals surface area contributed by atoms with Gasteiger partial charge in [0.1, 0.15) is 5.69 Å². The van der Waals surface area contributed by atoms with Gasteiger partial charge in [-0.2, -0.15) is 4.37 Å². The van der Waals surface area contributed by atoms with Crippen LogP contribution in [0.3, 0.4) is 0 Å². The zero-order chi connectivity index (χ0) is 31.5. The normalized spacial score (nSPS) is 14.8. The van der Waals surface area contributed by atoms with Crippen molar-refractivity contribution >= 4 is 35.3 Å². The molecule has 0 saturated heterocycles. The molecule has 2 heterocycles. The fourth-order valence-corrected chi connectivity index (χ4v) is 5.97. The average Bonchev–Trinajstić information content (AvgIpc) is 3.50. The van der Waals surface area contributed by atoms with E-state index in [-0.39, 0.29) is 6.10 Å². The highest BCUT2D eigenvalue weighted by Gasteiger charge is 2.20. The second kappa shape index (κ2) is 16.0. The summed E-state index contributed by atoms with van der Waals surface area (Å²) in [5.41, 5.74) is 10.9. The number of aryl methyl sites for hydroxylation is 2. The van der Waals surface area contributed by atoms with Crippen LogP contribution in [0, 0.1) is 0 Å². The summed E-state index contributed by atoms with van der Waals surface area (Å²) < 4.78 is 14.2. The molecule has 0 bridgehead atoms. The molecule has 232 valence electrons. The van der Waals surface area contributed by atoms with E-state index < -0.39 is 11.9 Å². The molecule has 0 radical (unpaired) electrons. The average molecular weight is 618 g/mol. The Balaban J connectivity index is 0.000000171. The van der Waals surface area contributed by atoms with Crippen molar-refractivity contribution in [1.29, 1.82) is 0 Å². The summed E-state index contributed by atoms with van der Waals surface area (Å²) in [7, 11) is 2.02. The Morgan fingerprint density at radius 3 is 2.55 bits per heavy atom. The smallest absolute Gasteiger partial charge is 0.414 e. The minimum atomic E-state index is -1.82. The molecule has 3 N–H and O–H groups in total. The number of aliphatic hydroxyl groups is 1. The fourth-order valence-electron chi connectivity index (χ4n) is 5.44. The lowest BCUT2D eigenvalue weighted by atomic mass is 9.80. The lowest BCUT2D eigenvalue weighted by Crippen LogP contribution is -2.17. The van der Waals surface area contributed by atoms with Crippen LogP contribution in [0.1, 0.15) is 60.6 Å². The molecule has 1 atom stereocenters. The minimum absolute atomic E-state index is 0.294. The van der Waals surface area contributed by atoms with Crippen molar-refractivity contribution in [2.75, 3.05) is 20.2 Å². The number of nitrogens with zero attached hydrogens (tertiary/aromatic N) is 3. The van der Waals surface area contributed by atoms with E-state index in [0.29, 0.717) is 18.9 Å². The monoisotopic (exact) mass is 617 g/mol. The van der Waals surface area contributed by atoms with Crippen molar-refractivity contribution in [2.45, 2.75) is 58.0 Å². The molecule has 1 unspecified atom stereocenters. The predicted octanol–water partition coefficient (Wildman–Crippen LogP) is 5.88. The van der Waals surface area contributed by atoms with Gasteiger partial charge in [-0.25, -0.2) is 9.59 Å². The second-order valence-corrected chi connectivity index (χ2v) is 11.3. The molecule has 6 rings (SSSR count). The number of carboxylic acids is 2. The van der Waals surface area contributed by atoms with E-state index in [4.69, 9.17) is 24.5 Å². The van der Waals surface area contributed by atoms with Crippen LogP contribution in [0.25, 0.3) is 22.8 Å². The molecule has 3 aromatic rings. The molecule has 0 spiro atoms. The molecule has 1 aromatic heterocycles. The molecule has 2 aliphatic carbocycles. The van der Waals surface area contributed by atoms with Gasteiger partial charge in [0.2, 0.25) is 0 Å². The van der Waals surface area contributed by atoms with E-state index >= 15 is 0 Å². The Labute approximate surface area is 262 Å². The number of hydrogen-bond acceptors (Lipinski definition) is 8. The maximum atomic E-state index is 9.69.